The Morgan fingerprint density at radius 3 is 2.42 bits per heavy atom. The molecule has 0 aliphatic heterocycles. The molecule has 0 heterocycles. The van der Waals surface area contributed by atoms with E-state index in [2.05, 4.69) is 18.7 Å². The van der Waals surface area contributed by atoms with E-state index in [-0.39, 0.29) is 17.2 Å². The first-order chi connectivity index (χ1) is 9.13. The molecule has 0 unspecified atom stereocenters. The molecular weight excluding hydrogens is 248 g/mol. The van der Waals surface area contributed by atoms with Gasteiger partial charge >= 0.3 is 5.69 Å². The number of likely N-dealkylation sites (N-methyl/N-ethyl adjacent to an activating group) is 1. The normalized spacial score (nSPS) is 10.5. The van der Waals surface area contributed by atoms with Gasteiger partial charge in [0.2, 0.25) is 11.5 Å². The summed E-state index contributed by atoms with van der Waals surface area (Å²) in [5, 5.41) is 11.0. The van der Waals surface area contributed by atoms with Gasteiger partial charge in [0.1, 0.15) is 6.61 Å². The first-order valence-electron chi connectivity index (χ1n) is 6.30. The Morgan fingerprint density at radius 2 is 1.89 bits per heavy atom. The highest BCUT2D eigenvalue weighted by molar-refractivity contribution is 5.57. The van der Waals surface area contributed by atoms with Crippen LogP contribution in [0.1, 0.15) is 13.8 Å². The molecule has 0 saturated carbocycles. The summed E-state index contributed by atoms with van der Waals surface area (Å²) in [6.07, 6.45) is 0. The van der Waals surface area contributed by atoms with E-state index in [0.29, 0.717) is 6.61 Å². The molecule has 0 bridgehead atoms. The number of methoxy groups -OCH3 is 1. The number of ether oxygens (including phenoxy) is 2. The van der Waals surface area contributed by atoms with Crippen molar-refractivity contribution < 1.29 is 14.4 Å². The van der Waals surface area contributed by atoms with Crippen molar-refractivity contribution in [3.8, 4) is 11.5 Å². The highest BCUT2D eigenvalue weighted by atomic mass is 16.6. The fraction of sp³-hybridized carbons (Fsp3) is 0.538. The molecule has 0 amide bonds. The lowest BCUT2D eigenvalue weighted by Crippen LogP contribution is -2.28. The van der Waals surface area contributed by atoms with Crippen molar-refractivity contribution in [1.82, 2.24) is 4.90 Å². The van der Waals surface area contributed by atoms with Crippen molar-refractivity contribution in [3.05, 3.63) is 28.3 Å². The average molecular weight is 268 g/mol. The van der Waals surface area contributed by atoms with Crippen molar-refractivity contribution >= 4 is 5.69 Å². The molecule has 0 aromatic heterocycles. The van der Waals surface area contributed by atoms with Crippen LogP contribution in [0.3, 0.4) is 0 Å². The van der Waals surface area contributed by atoms with Crippen LogP contribution in [0.2, 0.25) is 0 Å². The van der Waals surface area contributed by atoms with E-state index >= 15 is 0 Å². The fourth-order valence-electron chi connectivity index (χ4n) is 1.79. The minimum absolute atomic E-state index is 0.121. The Bertz CT molecular complexity index is 419. The minimum Gasteiger partial charge on any atom is -0.490 e. The summed E-state index contributed by atoms with van der Waals surface area (Å²) in [6, 6.07) is 4.82. The summed E-state index contributed by atoms with van der Waals surface area (Å²) in [6.45, 7) is 7.15. The van der Waals surface area contributed by atoms with Gasteiger partial charge in [-0.15, -0.1) is 0 Å². The maximum Gasteiger partial charge on any atom is 0.352 e. The highest BCUT2D eigenvalue weighted by Gasteiger charge is 2.21. The molecule has 0 aliphatic carbocycles. The van der Waals surface area contributed by atoms with Crippen molar-refractivity contribution in [2.75, 3.05) is 33.4 Å². The quantitative estimate of drug-likeness (QED) is 0.534. The average Bonchev–Trinajstić information content (AvgIpc) is 2.42. The molecule has 106 valence electrons. The van der Waals surface area contributed by atoms with E-state index in [4.69, 9.17) is 9.47 Å². The summed E-state index contributed by atoms with van der Waals surface area (Å²) in [5.41, 5.74) is -0.121. The molecule has 1 rings (SSSR count). The maximum absolute atomic E-state index is 11.0. The summed E-state index contributed by atoms with van der Waals surface area (Å²) >= 11 is 0. The van der Waals surface area contributed by atoms with E-state index < -0.39 is 4.92 Å². The minimum atomic E-state index is -0.481. The van der Waals surface area contributed by atoms with Crippen LogP contribution >= 0.6 is 0 Å². The van der Waals surface area contributed by atoms with Crippen molar-refractivity contribution in [3.63, 3.8) is 0 Å². The predicted molar refractivity (Wildman–Crippen MR) is 72.9 cm³/mol. The third kappa shape index (κ3) is 4.10. The van der Waals surface area contributed by atoms with Crippen LogP contribution in [-0.2, 0) is 0 Å². The van der Waals surface area contributed by atoms with Gasteiger partial charge in [-0.25, -0.2) is 0 Å². The predicted octanol–water partition coefficient (Wildman–Crippen LogP) is 2.32. The number of nitrogens with zero attached hydrogens (tertiary/aromatic N) is 2. The van der Waals surface area contributed by atoms with Gasteiger partial charge in [0.15, 0.2) is 0 Å². The largest absolute Gasteiger partial charge is 0.490 e. The topological polar surface area (TPSA) is 64.8 Å². The van der Waals surface area contributed by atoms with Crippen molar-refractivity contribution in [1.29, 1.82) is 0 Å². The molecule has 0 radical (unpaired) electrons. The van der Waals surface area contributed by atoms with Crippen LogP contribution in [0.15, 0.2) is 18.2 Å². The Balaban J connectivity index is 2.75. The standard InChI is InChI=1S/C13H20N2O4/c1-4-14(5-2)9-10-19-12-8-6-7-11(18-3)13(12)15(16)17/h6-8H,4-5,9-10H2,1-3H3. The first-order valence-corrected chi connectivity index (χ1v) is 6.30. The van der Waals surface area contributed by atoms with Gasteiger partial charge in [-0.1, -0.05) is 19.9 Å². The number of rotatable bonds is 8. The third-order valence-electron chi connectivity index (χ3n) is 2.92. The fourth-order valence-corrected chi connectivity index (χ4v) is 1.79. The van der Waals surface area contributed by atoms with Gasteiger partial charge in [-0.2, -0.15) is 0 Å². The van der Waals surface area contributed by atoms with Gasteiger partial charge in [0, 0.05) is 6.54 Å². The number of nitro benzene ring substituents is 1. The van der Waals surface area contributed by atoms with Crippen LogP contribution in [0.25, 0.3) is 0 Å². The second-order valence-electron chi connectivity index (χ2n) is 3.94. The lowest BCUT2D eigenvalue weighted by molar-refractivity contribution is -0.386. The number of hydrogen-bond acceptors (Lipinski definition) is 5. The van der Waals surface area contributed by atoms with Gasteiger partial charge in [-0.05, 0) is 25.2 Å². The van der Waals surface area contributed by atoms with Crippen LogP contribution in [0.5, 0.6) is 11.5 Å². The Labute approximate surface area is 113 Å². The molecule has 6 heteroatoms. The highest BCUT2D eigenvalue weighted by Crippen LogP contribution is 2.36. The monoisotopic (exact) mass is 268 g/mol. The zero-order valence-corrected chi connectivity index (χ0v) is 11.6. The Morgan fingerprint density at radius 1 is 1.26 bits per heavy atom. The number of nitro groups is 1. The summed E-state index contributed by atoms with van der Waals surface area (Å²) < 4.78 is 10.5. The van der Waals surface area contributed by atoms with Gasteiger partial charge < -0.3 is 14.4 Å². The van der Waals surface area contributed by atoms with E-state index in [1.807, 2.05) is 0 Å². The van der Waals surface area contributed by atoms with Crippen molar-refractivity contribution in [2.24, 2.45) is 0 Å². The Kier molecular flexibility index (Phi) is 6.08. The molecule has 1 aromatic rings. The molecule has 0 spiro atoms. The van der Waals surface area contributed by atoms with Crippen LogP contribution in [-0.4, -0.2) is 43.2 Å². The SMILES string of the molecule is CCN(CC)CCOc1cccc(OC)c1[N+](=O)[O-]. The summed E-state index contributed by atoms with van der Waals surface area (Å²) in [4.78, 5) is 12.8. The molecule has 6 nitrogen and oxygen atoms in total. The van der Waals surface area contributed by atoms with E-state index in [9.17, 15) is 10.1 Å². The third-order valence-corrected chi connectivity index (χ3v) is 2.92. The molecule has 0 aliphatic rings. The summed E-state index contributed by atoms with van der Waals surface area (Å²) in [5.74, 6) is 0.460. The molecule has 1 aromatic carbocycles. The maximum atomic E-state index is 11.0. The smallest absolute Gasteiger partial charge is 0.352 e. The van der Waals surface area contributed by atoms with Crippen LogP contribution in [0.4, 0.5) is 5.69 Å². The number of para-hydroxylation sites is 1. The summed E-state index contributed by atoms with van der Waals surface area (Å²) in [7, 11) is 1.40. The lowest BCUT2D eigenvalue weighted by atomic mass is 10.2. The number of hydrogen-bond donors (Lipinski definition) is 0. The Hall–Kier alpha value is -1.82. The first kappa shape index (κ1) is 15.2. The second-order valence-corrected chi connectivity index (χ2v) is 3.94. The van der Waals surface area contributed by atoms with Crippen molar-refractivity contribution in [2.45, 2.75) is 13.8 Å². The lowest BCUT2D eigenvalue weighted by Gasteiger charge is -2.18. The van der Waals surface area contributed by atoms with E-state index in [1.54, 1.807) is 18.2 Å². The molecular formula is C13H20N2O4. The van der Waals surface area contributed by atoms with Gasteiger partial charge in [0.05, 0.1) is 12.0 Å². The zero-order valence-electron chi connectivity index (χ0n) is 11.6. The molecule has 19 heavy (non-hydrogen) atoms. The molecule has 0 saturated heterocycles. The van der Waals surface area contributed by atoms with E-state index in [1.165, 1.54) is 7.11 Å². The van der Waals surface area contributed by atoms with Gasteiger partial charge in [0.25, 0.3) is 0 Å². The van der Waals surface area contributed by atoms with Crippen LogP contribution < -0.4 is 9.47 Å². The second kappa shape index (κ2) is 7.58. The molecule has 0 fully saturated rings. The molecule has 0 atom stereocenters. The molecule has 0 N–H and O–H groups in total. The van der Waals surface area contributed by atoms with E-state index in [0.717, 1.165) is 19.6 Å². The van der Waals surface area contributed by atoms with Crippen LogP contribution in [0, 0.1) is 10.1 Å². The zero-order chi connectivity index (χ0) is 14.3. The van der Waals surface area contributed by atoms with Gasteiger partial charge in [-0.3, -0.25) is 10.1 Å². The number of benzene rings is 1.